The molecule has 0 aromatic heterocycles. The van der Waals surface area contributed by atoms with E-state index in [1.54, 1.807) is 0 Å². The molecule has 0 unspecified atom stereocenters. The van der Waals surface area contributed by atoms with Crippen molar-refractivity contribution in [3.8, 4) is 5.75 Å². The first kappa shape index (κ1) is 17.8. The van der Waals surface area contributed by atoms with Crippen LogP contribution in [0.15, 0.2) is 18.2 Å². The maximum atomic E-state index is 12.2. The summed E-state index contributed by atoms with van der Waals surface area (Å²) in [5.74, 6) is 0.417. The third-order valence-corrected chi connectivity index (χ3v) is 5.72. The molecule has 1 amide bonds. The van der Waals surface area contributed by atoms with E-state index < -0.39 is 21.0 Å². The van der Waals surface area contributed by atoms with Gasteiger partial charge in [-0.05, 0) is 50.5 Å². The number of sulfone groups is 1. The molecule has 6 heteroatoms. The van der Waals surface area contributed by atoms with E-state index in [0.29, 0.717) is 6.42 Å². The van der Waals surface area contributed by atoms with Crippen LogP contribution in [0.1, 0.15) is 51.3 Å². The minimum Gasteiger partial charge on any atom is -0.487 e. The first-order valence-corrected chi connectivity index (χ1v) is 9.80. The van der Waals surface area contributed by atoms with Crippen LogP contribution in [-0.2, 0) is 21.1 Å². The average molecular weight is 339 g/mol. The number of hydrogen-bond acceptors (Lipinski definition) is 4. The zero-order valence-electron chi connectivity index (χ0n) is 14.3. The van der Waals surface area contributed by atoms with Gasteiger partial charge in [-0.1, -0.05) is 13.0 Å². The Morgan fingerprint density at radius 3 is 2.61 bits per heavy atom. The van der Waals surface area contributed by atoms with Crippen molar-refractivity contribution in [1.29, 1.82) is 0 Å². The van der Waals surface area contributed by atoms with Crippen molar-refractivity contribution in [3.63, 3.8) is 0 Å². The highest BCUT2D eigenvalue weighted by Crippen LogP contribution is 2.36. The smallest absolute Gasteiger partial charge is 0.238 e. The molecule has 0 saturated heterocycles. The summed E-state index contributed by atoms with van der Waals surface area (Å²) in [5.41, 5.74) is 1.88. The largest absolute Gasteiger partial charge is 0.487 e. The van der Waals surface area contributed by atoms with Crippen molar-refractivity contribution in [2.45, 2.75) is 57.4 Å². The number of amides is 1. The first-order valence-electron chi connectivity index (χ1n) is 7.84. The third kappa shape index (κ3) is 4.05. The summed E-state index contributed by atoms with van der Waals surface area (Å²) in [5, 5.41) is 1.79. The van der Waals surface area contributed by atoms with Crippen LogP contribution in [-0.4, -0.2) is 31.4 Å². The van der Waals surface area contributed by atoms with Crippen LogP contribution in [0.5, 0.6) is 5.75 Å². The molecule has 2 atom stereocenters. The Morgan fingerprint density at radius 2 is 2.04 bits per heavy atom. The molecule has 1 N–H and O–H groups in total. The lowest BCUT2D eigenvalue weighted by atomic mass is 9.97. The monoisotopic (exact) mass is 339 g/mol. The minimum atomic E-state index is -3.40. The predicted octanol–water partition coefficient (Wildman–Crippen LogP) is 2.40. The van der Waals surface area contributed by atoms with E-state index in [-0.39, 0.29) is 11.6 Å². The van der Waals surface area contributed by atoms with Gasteiger partial charge in [0.2, 0.25) is 5.91 Å². The van der Waals surface area contributed by atoms with Crippen molar-refractivity contribution in [2.75, 3.05) is 6.26 Å². The molecule has 1 heterocycles. The van der Waals surface area contributed by atoms with E-state index in [0.717, 1.165) is 29.6 Å². The Balaban J connectivity index is 2.18. The quantitative estimate of drug-likeness (QED) is 0.894. The zero-order valence-corrected chi connectivity index (χ0v) is 15.2. The van der Waals surface area contributed by atoms with Crippen LogP contribution in [0.3, 0.4) is 0 Å². The van der Waals surface area contributed by atoms with Gasteiger partial charge in [0.1, 0.15) is 16.6 Å². The normalized spacial score (nSPS) is 18.7. The van der Waals surface area contributed by atoms with E-state index in [1.807, 2.05) is 39.0 Å². The van der Waals surface area contributed by atoms with Crippen molar-refractivity contribution in [1.82, 2.24) is 5.32 Å². The Hall–Kier alpha value is -1.56. The molecule has 0 saturated carbocycles. The van der Waals surface area contributed by atoms with Gasteiger partial charge >= 0.3 is 0 Å². The summed E-state index contributed by atoms with van der Waals surface area (Å²) in [6.45, 7) is 7.46. The molecule has 2 rings (SSSR count). The number of nitrogens with one attached hydrogen (secondary N) is 1. The summed E-state index contributed by atoms with van der Waals surface area (Å²) in [4.78, 5) is 12.2. The molecule has 0 fully saturated rings. The van der Waals surface area contributed by atoms with Gasteiger partial charge in [0.05, 0.1) is 6.04 Å². The highest BCUT2D eigenvalue weighted by atomic mass is 32.2. The Morgan fingerprint density at radius 1 is 1.39 bits per heavy atom. The molecule has 0 radical (unpaired) electrons. The Kier molecular flexibility index (Phi) is 4.76. The number of fused-ring (bicyclic) bond motifs is 1. The first-order chi connectivity index (χ1) is 10.5. The maximum Gasteiger partial charge on any atom is 0.238 e. The summed E-state index contributed by atoms with van der Waals surface area (Å²) in [6.07, 6.45) is 2.58. The highest BCUT2D eigenvalue weighted by molar-refractivity contribution is 7.92. The Bertz CT molecular complexity index is 709. The predicted molar refractivity (Wildman–Crippen MR) is 90.3 cm³/mol. The van der Waals surface area contributed by atoms with E-state index >= 15 is 0 Å². The van der Waals surface area contributed by atoms with Crippen molar-refractivity contribution in [3.05, 3.63) is 29.3 Å². The Labute approximate surface area is 138 Å². The fourth-order valence-corrected chi connectivity index (χ4v) is 3.21. The van der Waals surface area contributed by atoms with Gasteiger partial charge in [-0.2, -0.15) is 0 Å². The summed E-state index contributed by atoms with van der Waals surface area (Å²) < 4.78 is 28.9. The number of hydrogen-bond donors (Lipinski definition) is 1. The van der Waals surface area contributed by atoms with Crippen molar-refractivity contribution in [2.24, 2.45) is 0 Å². The molecule has 1 aromatic rings. The number of ether oxygens (including phenoxy) is 1. The van der Waals surface area contributed by atoms with E-state index in [2.05, 4.69) is 5.32 Å². The second-order valence-electron chi connectivity index (χ2n) is 6.85. The second kappa shape index (κ2) is 6.15. The highest BCUT2D eigenvalue weighted by Gasteiger charge is 2.31. The average Bonchev–Trinajstić information content (AvgIpc) is 2.75. The van der Waals surface area contributed by atoms with Crippen LogP contribution >= 0.6 is 0 Å². The standard InChI is InChI=1S/C17H25NO4S/c1-6-14(18-16(19)11(2)23(5,20)21)12-7-8-15-13(9-12)10-17(3,4)22-15/h7-9,11,14H,6,10H2,1-5H3,(H,18,19)/t11-,14-/m1/s1. The lowest BCUT2D eigenvalue weighted by molar-refractivity contribution is -0.121. The van der Waals surface area contributed by atoms with E-state index in [1.165, 1.54) is 6.92 Å². The molecule has 1 aromatic carbocycles. The SMILES string of the molecule is CC[C@@H](NC(=O)[C@@H](C)S(C)(=O)=O)c1ccc2c(c1)CC(C)(C)O2. The van der Waals surface area contributed by atoms with Gasteiger partial charge in [0, 0.05) is 12.7 Å². The molecule has 0 bridgehead atoms. The van der Waals surface area contributed by atoms with Gasteiger partial charge in [-0.3, -0.25) is 4.79 Å². The van der Waals surface area contributed by atoms with Gasteiger partial charge < -0.3 is 10.1 Å². The zero-order chi connectivity index (χ0) is 17.4. The number of rotatable bonds is 5. The van der Waals surface area contributed by atoms with Crippen molar-refractivity contribution < 1.29 is 17.9 Å². The number of carbonyl (C=O) groups excluding carboxylic acids is 1. The minimum absolute atomic E-state index is 0.208. The van der Waals surface area contributed by atoms with Gasteiger partial charge in [-0.25, -0.2) is 8.42 Å². The molecule has 5 nitrogen and oxygen atoms in total. The molecular weight excluding hydrogens is 314 g/mol. The summed E-state index contributed by atoms with van der Waals surface area (Å²) in [7, 11) is -3.40. The van der Waals surface area contributed by atoms with Crippen LogP contribution in [0, 0.1) is 0 Å². The second-order valence-corrected chi connectivity index (χ2v) is 9.21. The molecule has 0 spiro atoms. The fourth-order valence-electron chi connectivity index (χ4n) is 2.75. The topological polar surface area (TPSA) is 72.5 Å². The van der Waals surface area contributed by atoms with Gasteiger partial charge in [-0.15, -0.1) is 0 Å². The number of benzene rings is 1. The fraction of sp³-hybridized carbons (Fsp3) is 0.588. The van der Waals surface area contributed by atoms with Crippen LogP contribution in [0.25, 0.3) is 0 Å². The van der Waals surface area contributed by atoms with E-state index in [4.69, 9.17) is 4.74 Å². The van der Waals surface area contributed by atoms with E-state index in [9.17, 15) is 13.2 Å². The van der Waals surface area contributed by atoms with Crippen LogP contribution in [0.4, 0.5) is 0 Å². The number of carbonyl (C=O) groups is 1. The lowest BCUT2D eigenvalue weighted by Crippen LogP contribution is -2.39. The molecule has 0 aliphatic carbocycles. The molecular formula is C17H25NO4S. The molecule has 23 heavy (non-hydrogen) atoms. The van der Waals surface area contributed by atoms with Crippen LogP contribution < -0.4 is 10.1 Å². The van der Waals surface area contributed by atoms with Gasteiger partial charge in [0.15, 0.2) is 9.84 Å². The molecule has 1 aliphatic rings. The third-order valence-electron chi connectivity index (χ3n) is 4.23. The molecule has 128 valence electrons. The molecule has 1 aliphatic heterocycles. The summed E-state index contributed by atoms with van der Waals surface area (Å²) >= 11 is 0. The summed E-state index contributed by atoms with van der Waals surface area (Å²) in [6, 6.07) is 5.69. The van der Waals surface area contributed by atoms with Crippen LogP contribution in [0.2, 0.25) is 0 Å². The van der Waals surface area contributed by atoms with Gasteiger partial charge in [0.25, 0.3) is 0 Å². The lowest BCUT2D eigenvalue weighted by Gasteiger charge is -2.20. The van der Waals surface area contributed by atoms with Crippen molar-refractivity contribution >= 4 is 15.7 Å². The maximum absolute atomic E-state index is 12.2.